The van der Waals surface area contributed by atoms with E-state index in [-0.39, 0.29) is 0 Å². The number of hydrogen-bond donors (Lipinski definition) is 0. The van der Waals surface area contributed by atoms with Crippen molar-refractivity contribution in [3.8, 4) is 22.6 Å². The highest BCUT2D eigenvalue weighted by Crippen LogP contribution is 2.33. The Morgan fingerprint density at radius 2 is 1.45 bits per heavy atom. The van der Waals surface area contributed by atoms with E-state index in [1.165, 1.54) is 35.0 Å². The second-order valence-corrected chi connectivity index (χ2v) is 7.65. The maximum atomic E-state index is 5.91. The van der Waals surface area contributed by atoms with E-state index in [4.69, 9.17) is 9.72 Å². The van der Waals surface area contributed by atoms with Gasteiger partial charge in [0.1, 0.15) is 11.5 Å². The zero-order valence-corrected chi connectivity index (χ0v) is 16.6. The summed E-state index contributed by atoms with van der Waals surface area (Å²) in [4.78, 5) is 7.31. The summed E-state index contributed by atoms with van der Waals surface area (Å²) in [6.07, 6.45) is 2.55. The normalized spacial score (nSPS) is 13.8. The number of anilines is 1. The van der Waals surface area contributed by atoms with Gasteiger partial charge in [-0.05, 0) is 67.3 Å². The topological polar surface area (TPSA) is 25.4 Å². The molecule has 5 rings (SSSR count). The number of ether oxygens (including phenoxy) is 1. The molecule has 29 heavy (non-hydrogen) atoms. The van der Waals surface area contributed by atoms with Gasteiger partial charge in [-0.15, -0.1) is 0 Å². The van der Waals surface area contributed by atoms with Gasteiger partial charge in [-0.2, -0.15) is 0 Å². The molecule has 0 radical (unpaired) electrons. The number of nitrogens with zero attached hydrogens (tertiary/aromatic N) is 2. The molecule has 0 aliphatic carbocycles. The largest absolute Gasteiger partial charge is 0.457 e. The van der Waals surface area contributed by atoms with Gasteiger partial charge in [0.25, 0.3) is 0 Å². The van der Waals surface area contributed by atoms with E-state index >= 15 is 0 Å². The lowest BCUT2D eigenvalue weighted by Crippen LogP contribution is -2.18. The molecule has 0 amide bonds. The van der Waals surface area contributed by atoms with Crippen molar-refractivity contribution in [2.45, 2.75) is 19.8 Å². The van der Waals surface area contributed by atoms with E-state index in [0.717, 1.165) is 35.8 Å². The molecule has 0 atom stereocenters. The molecule has 1 aromatic heterocycles. The van der Waals surface area contributed by atoms with Gasteiger partial charge in [0.05, 0.1) is 5.52 Å². The van der Waals surface area contributed by atoms with Gasteiger partial charge >= 0.3 is 0 Å². The molecular weight excluding hydrogens is 356 g/mol. The molecule has 4 aromatic rings. The number of pyridine rings is 1. The quantitative estimate of drug-likeness (QED) is 0.399. The third-order valence-corrected chi connectivity index (χ3v) is 5.53. The third kappa shape index (κ3) is 3.68. The highest BCUT2D eigenvalue weighted by atomic mass is 16.5. The number of fused-ring (bicyclic) bond motifs is 1. The molecule has 3 aromatic carbocycles. The van der Waals surface area contributed by atoms with Crippen LogP contribution >= 0.6 is 0 Å². The lowest BCUT2D eigenvalue weighted by molar-refractivity contribution is 0.483. The van der Waals surface area contributed by atoms with Crippen LogP contribution < -0.4 is 9.64 Å². The molecule has 3 heteroatoms. The summed E-state index contributed by atoms with van der Waals surface area (Å²) in [5.74, 6) is 1.69. The predicted molar refractivity (Wildman–Crippen MR) is 120 cm³/mol. The minimum atomic E-state index is 0.839. The Labute approximate surface area is 171 Å². The Kier molecular flexibility index (Phi) is 4.65. The molecule has 0 unspecified atom stereocenters. The summed E-state index contributed by atoms with van der Waals surface area (Å²) in [6, 6.07) is 27.0. The number of hydrogen-bond acceptors (Lipinski definition) is 3. The molecule has 2 heterocycles. The molecule has 0 saturated carbocycles. The van der Waals surface area contributed by atoms with E-state index < -0.39 is 0 Å². The molecule has 1 fully saturated rings. The molecule has 144 valence electrons. The average molecular weight is 380 g/mol. The van der Waals surface area contributed by atoms with Gasteiger partial charge in [-0.25, -0.2) is 0 Å². The van der Waals surface area contributed by atoms with Crippen molar-refractivity contribution in [1.29, 1.82) is 0 Å². The predicted octanol–water partition coefficient (Wildman–Crippen LogP) is 6.60. The van der Waals surface area contributed by atoms with E-state index in [1.807, 2.05) is 42.5 Å². The van der Waals surface area contributed by atoms with Crippen LogP contribution in [0.4, 0.5) is 5.69 Å². The Bertz CT molecular complexity index is 1130. The summed E-state index contributed by atoms with van der Waals surface area (Å²) in [5, 5.41) is 1.24. The molecule has 0 spiro atoms. The second-order valence-electron chi connectivity index (χ2n) is 7.65. The average Bonchev–Trinajstić information content (AvgIpc) is 3.29. The Morgan fingerprint density at radius 1 is 0.759 bits per heavy atom. The van der Waals surface area contributed by atoms with Crippen LogP contribution in [0.2, 0.25) is 0 Å². The van der Waals surface area contributed by atoms with Gasteiger partial charge in [-0.3, -0.25) is 4.98 Å². The van der Waals surface area contributed by atoms with Crippen LogP contribution in [0, 0.1) is 6.92 Å². The summed E-state index contributed by atoms with van der Waals surface area (Å²) in [7, 11) is 0. The Hall–Kier alpha value is -3.33. The van der Waals surface area contributed by atoms with Gasteiger partial charge in [-0.1, -0.05) is 42.5 Å². The lowest BCUT2D eigenvalue weighted by Gasteiger charge is -2.20. The minimum Gasteiger partial charge on any atom is -0.457 e. The molecule has 1 aliphatic heterocycles. The van der Waals surface area contributed by atoms with Gasteiger partial charge in [0, 0.05) is 29.9 Å². The Morgan fingerprint density at radius 3 is 2.21 bits per heavy atom. The van der Waals surface area contributed by atoms with Crippen molar-refractivity contribution in [1.82, 2.24) is 4.98 Å². The number of rotatable bonds is 4. The smallest absolute Gasteiger partial charge is 0.127 e. The summed E-state index contributed by atoms with van der Waals surface area (Å²) in [5.41, 5.74) is 5.80. The maximum absolute atomic E-state index is 5.91. The van der Waals surface area contributed by atoms with Crippen LogP contribution in [0.25, 0.3) is 22.0 Å². The minimum absolute atomic E-state index is 0.839. The molecule has 1 saturated heterocycles. The van der Waals surface area contributed by atoms with Crippen LogP contribution in [0.3, 0.4) is 0 Å². The second kappa shape index (κ2) is 7.59. The number of aromatic nitrogens is 1. The van der Waals surface area contributed by atoms with E-state index in [0.29, 0.717) is 0 Å². The highest BCUT2D eigenvalue weighted by molar-refractivity contribution is 5.94. The summed E-state index contributed by atoms with van der Waals surface area (Å²) < 4.78 is 5.91. The van der Waals surface area contributed by atoms with E-state index in [1.54, 1.807) is 0 Å². The number of aryl methyl sites for hydroxylation is 1. The maximum Gasteiger partial charge on any atom is 0.127 e. The lowest BCUT2D eigenvalue weighted by atomic mass is 10.0. The van der Waals surface area contributed by atoms with Gasteiger partial charge in [0.15, 0.2) is 0 Å². The first-order chi connectivity index (χ1) is 14.3. The van der Waals surface area contributed by atoms with Crippen molar-refractivity contribution in [3.05, 3.63) is 84.6 Å². The van der Waals surface area contributed by atoms with Crippen molar-refractivity contribution in [2.75, 3.05) is 18.0 Å². The zero-order valence-electron chi connectivity index (χ0n) is 16.6. The molecule has 1 aliphatic rings. The van der Waals surface area contributed by atoms with Crippen molar-refractivity contribution in [3.63, 3.8) is 0 Å². The third-order valence-electron chi connectivity index (χ3n) is 5.53. The first-order valence-corrected chi connectivity index (χ1v) is 10.3. The Balaban J connectivity index is 1.46. The first kappa shape index (κ1) is 17.7. The van der Waals surface area contributed by atoms with E-state index in [2.05, 4.69) is 48.2 Å². The van der Waals surface area contributed by atoms with Gasteiger partial charge < -0.3 is 9.64 Å². The monoisotopic (exact) mass is 380 g/mol. The SMILES string of the molecule is Cc1cc(N2CCCC2)c2ccc(-c3ccc(Oc4ccccc4)cc3)cc2n1. The van der Waals surface area contributed by atoms with Crippen LogP contribution in [0.15, 0.2) is 78.9 Å². The number of para-hydroxylation sites is 1. The fourth-order valence-corrected chi connectivity index (χ4v) is 4.08. The van der Waals surface area contributed by atoms with Crippen LogP contribution in [-0.4, -0.2) is 18.1 Å². The highest BCUT2D eigenvalue weighted by Gasteiger charge is 2.16. The molecular formula is C26H24N2O. The van der Waals surface area contributed by atoms with Crippen molar-refractivity contribution in [2.24, 2.45) is 0 Å². The summed E-state index contributed by atoms with van der Waals surface area (Å²) >= 11 is 0. The van der Waals surface area contributed by atoms with E-state index in [9.17, 15) is 0 Å². The molecule has 3 nitrogen and oxygen atoms in total. The van der Waals surface area contributed by atoms with Crippen LogP contribution in [0.5, 0.6) is 11.5 Å². The zero-order chi connectivity index (χ0) is 19.6. The van der Waals surface area contributed by atoms with Crippen molar-refractivity contribution < 1.29 is 4.74 Å². The molecule has 0 bridgehead atoms. The van der Waals surface area contributed by atoms with Gasteiger partial charge in [0.2, 0.25) is 0 Å². The fourth-order valence-electron chi connectivity index (χ4n) is 4.08. The standard InChI is InChI=1S/C26H24N2O/c1-19-17-26(28-15-5-6-16-28)24-14-11-21(18-25(24)27-19)20-9-12-23(13-10-20)29-22-7-3-2-4-8-22/h2-4,7-14,17-18H,5-6,15-16H2,1H3. The fraction of sp³-hybridized carbons (Fsp3) is 0.192. The first-order valence-electron chi connectivity index (χ1n) is 10.3. The van der Waals surface area contributed by atoms with Crippen molar-refractivity contribution >= 4 is 16.6 Å². The summed E-state index contributed by atoms with van der Waals surface area (Å²) in [6.45, 7) is 4.37. The van der Waals surface area contributed by atoms with Crippen LogP contribution in [-0.2, 0) is 0 Å². The number of benzene rings is 3. The van der Waals surface area contributed by atoms with Crippen LogP contribution in [0.1, 0.15) is 18.5 Å². The molecule has 0 N–H and O–H groups in total.